The Bertz CT molecular complexity index is 929. The molecule has 0 radical (unpaired) electrons. The van der Waals surface area contributed by atoms with E-state index in [1.807, 2.05) is 0 Å². The average Bonchev–Trinajstić information content (AvgIpc) is 2.61. The number of H-pyrrole nitrogens is 1. The zero-order valence-corrected chi connectivity index (χ0v) is 15.5. The largest absolute Gasteiger partial charge is 0.480 e. The molecule has 1 aromatic heterocycles. The van der Waals surface area contributed by atoms with Crippen molar-refractivity contribution in [3.63, 3.8) is 0 Å². The summed E-state index contributed by atoms with van der Waals surface area (Å²) in [6, 6.07) is 5.95. The lowest BCUT2D eigenvalue weighted by Crippen LogP contribution is -2.44. The molecule has 146 valence electrons. The summed E-state index contributed by atoms with van der Waals surface area (Å²) in [5.41, 5.74) is -0.260. The first-order chi connectivity index (χ1) is 12.8. The molecule has 0 bridgehead atoms. The second-order valence-electron chi connectivity index (χ2n) is 6.87. The summed E-state index contributed by atoms with van der Waals surface area (Å²) in [5, 5.41) is 12.1. The van der Waals surface area contributed by atoms with Crippen LogP contribution < -0.4 is 16.6 Å². The number of benzene rings is 1. The quantitative estimate of drug-likeness (QED) is 0.573. The van der Waals surface area contributed by atoms with Gasteiger partial charge in [0.2, 0.25) is 5.91 Å². The van der Waals surface area contributed by atoms with Crippen molar-refractivity contribution in [2.24, 2.45) is 5.92 Å². The minimum Gasteiger partial charge on any atom is -0.480 e. The topological polar surface area (TPSA) is 121 Å². The SMILES string of the molecule is CC(C)C(NC(=O)CCCCCn1c(=O)[nH]c2ccccc2c1=O)C(=O)O. The molecule has 0 aliphatic heterocycles. The maximum Gasteiger partial charge on any atom is 0.328 e. The molecule has 0 spiro atoms. The van der Waals surface area contributed by atoms with Crippen LogP contribution >= 0.6 is 0 Å². The molecule has 2 rings (SSSR count). The number of nitrogens with zero attached hydrogens (tertiary/aromatic N) is 1. The molecule has 0 saturated carbocycles. The molecule has 3 N–H and O–H groups in total. The Morgan fingerprint density at radius 2 is 1.85 bits per heavy atom. The molecular formula is C19H25N3O5. The maximum absolute atomic E-state index is 12.4. The van der Waals surface area contributed by atoms with E-state index in [9.17, 15) is 19.2 Å². The van der Waals surface area contributed by atoms with E-state index in [0.717, 1.165) is 0 Å². The lowest BCUT2D eigenvalue weighted by Gasteiger charge is -2.17. The van der Waals surface area contributed by atoms with Crippen LogP contribution in [0, 0.1) is 5.92 Å². The number of carboxylic acid groups (broad SMARTS) is 1. The Morgan fingerprint density at radius 3 is 2.52 bits per heavy atom. The lowest BCUT2D eigenvalue weighted by atomic mass is 10.0. The third-order valence-corrected chi connectivity index (χ3v) is 4.42. The summed E-state index contributed by atoms with van der Waals surface area (Å²) >= 11 is 0. The third kappa shape index (κ3) is 5.29. The van der Waals surface area contributed by atoms with E-state index in [4.69, 9.17) is 5.11 Å². The van der Waals surface area contributed by atoms with Crippen molar-refractivity contribution in [3.05, 3.63) is 45.1 Å². The van der Waals surface area contributed by atoms with Crippen LogP contribution in [0.4, 0.5) is 0 Å². The third-order valence-electron chi connectivity index (χ3n) is 4.42. The monoisotopic (exact) mass is 375 g/mol. The van der Waals surface area contributed by atoms with Gasteiger partial charge in [-0.25, -0.2) is 9.59 Å². The molecule has 1 amide bonds. The van der Waals surface area contributed by atoms with Crippen LogP contribution in [-0.2, 0) is 16.1 Å². The molecule has 1 unspecified atom stereocenters. The number of carbonyl (C=O) groups excluding carboxylic acids is 1. The number of unbranched alkanes of at least 4 members (excludes halogenated alkanes) is 2. The van der Waals surface area contributed by atoms with Gasteiger partial charge in [0, 0.05) is 13.0 Å². The number of amides is 1. The second-order valence-corrected chi connectivity index (χ2v) is 6.87. The minimum atomic E-state index is -1.05. The molecule has 0 fully saturated rings. The van der Waals surface area contributed by atoms with Gasteiger partial charge in [-0.05, 0) is 30.9 Å². The van der Waals surface area contributed by atoms with Gasteiger partial charge in [-0.2, -0.15) is 0 Å². The number of carboxylic acids is 1. The van der Waals surface area contributed by atoms with E-state index in [2.05, 4.69) is 10.3 Å². The normalized spacial score (nSPS) is 12.3. The van der Waals surface area contributed by atoms with Gasteiger partial charge in [-0.3, -0.25) is 14.2 Å². The van der Waals surface area contributed by atoms with Crippen LogP contribution in [0.3, 0.4) is 0 Å². The highest BCUT2D eigenvalue weighted by Gasteiger charge is 2.22. The lowest BCUT2D eigenvalue weighted by molar-refractivity contribution is -0.143. The van der Waals surface area contributed by atoms with Crippen LogP contribution in [0.1, 0.15) is 39.5 Å². The number of fused-ring (bicyclic) bond motifs is 1. The number of aliphatic carboxylic acids is 1. The van der Waals surface area contributed by atoms with Crippen molar-refractivity contribution in [1.82, 2.24) is 14.9 Å². The molecule has 27 heavy (non-hydrogen) atoms. The first-order valence-electron chi connectivity index (χ1n) is 9.05. The molecule has 0 aliphatic carbocycles. The summed E-state index contributed by atoms with van der Waals surface area (Å²) in [6.45, 7) is 3.74. The van der Waals surface area contributed by atoms with Crippen LogP contribution in [0.15, 0.2) is 33.9 Å². The second kappa shape index (κ2) is 9.16. The van der Waals surface area contributed by atoms with Crippen LogP contribution in [0.25, 0.3) is 10.9 Å². The van der Waals surface area contributed by atoms with Gasteiger partial charge < -0.3 is 15.4 Å². The molecule has 1 aromatic carbocycles. The smallest absolute Gasteiger partial charge is 0.328 e. The van der Waals surface area contributed by atoms with Gasteiger partial charge >= 0.3 is 11.7 Å². The van der Waals surface area contributed by atoms with E-state index < -0.39 is 17.7 Å². The Labute approximate surface area is 156 Å². The van der Waals surface area contributed by atoms with Crippen molar-refractivity contribution >= 4 is 22.8 Å². The number of rotatable bonds is 9. The highest BCUT2D eigenvalue weighted by molar-refractivity contribution is 5.83. The van der Waals surface area contributed by atoms with E-state index >= 15 is 0 Å². The summed E-state index contributed by atoms with van der Waals surface area (Å²) in [4.78, 5) is 50.1. The summed E-state index contributed by atoms with van der Waals surface area (Å²) < 4.78 is 1.17. The zero-order valence-electron chi connectivity index (χ0n) is 15.5. The van der Waals surface area contributed by atoms with E-state index in [-0.39, 0.29) is 30.3 Å². The van der Waals surface area contributed by atoms with Crippen molar-refractivity contribution in [2.45, 2.75) is 52.1 Å². The maximum atomic E-state index is 12.4. The molecule has 1 heterocycles. The van der Waals surface area contributed by atoms with Gasteiger partial charge in [-0.1, -0.05) is 32.4 Å². The van der Waals surface area contributed by atoms with E-state index in [1.165, 1.54) is 4.57 Å². The predicted molar refractivity (Wildman–Crippen MR) is 102 cm³/mol. The van der Waals surface area contributed by atoms with Crippen LogP contribution in [0.2, 0.25) is 0 Å². The van der Waals surface area contributed by atoms with Crippen molar-refractivity contribution in [2.75, 3.05) is 0 Å². The van der Waals surface area contributed by atoms with Crippen molar-refractivity contribution < 1.29 is 14.7 Å². The first-order valence-corrected chi connectivity index (χ1v) is 9.05. The van der Waals surface area contributed by atoms with Crippen molar-refractivity contribution in [3.8, 4) is 0 Å². The molecule has 8 heteroatoms. The standard InChI is InChI=1S/C19H25N3O5/c1-12(2)16(18(25)26)21-15(23)10-4-3-7-11-22-17(24)13-8-5-6-9-14(13)20-19(22)27/h5-6,8-9,12,16H,3-4,7,10-11H2,1-2H3,(H,20,27)(H,21,23)(H,25,26). The number of carbonyl (C=O) groups is 2. The average molecular weight is 375 g/mol. The fourth-order valence-electron chi connectivity index (χ4n) is 2.89. The molecule has 0 saturated heterocycles. The van der Waals surface area contributed by atoms with Crippen molar-refractivity contribution in [1.29, 1.82) is 0 Å². The molecule has 1 atom stereocenters. The Balaban J connectivity index is 1.85. The predicted octanol–water partition coefficient (Wildman–Crippen LogP) is 1.48. The van der Waals surface area contributed by atoms with Gasteiger partial charge in [0.05, 0.1) is 10.9 Å². The summed E-state index contributed by atoms with van der Waals surface area (Å²) in [7, 11) is 0. The zero-order chi connectivity index (χ0) is 20.0. The van der Waals surface area contributed by atoms with Gasteiger partial charge in [-0.15, -0.1) is 0 Å². The fourth-order valence-corrected chi connectivity index (χ4v) is 2.89. The highest BCUT2D eigenvalue weighted by Crippen LogP contribution is 2.06. The highest BCUT2D eigenvalue weighted by atomic mass is 16.4. The summed E-state index contributed by atoms with van der Waals surface area (Å²) in [6.07, 6.45) is 1.97. The van der Waals surface area contributed by atoms with Gasteiger partial charge in [0.25, 0.3) is 5.56 Å². The number of hydrogen-bond acceptors (Lipinski definition) is 4. The minimum absolute atomic E-state index is 0.196. The number of hydrogen-bond donors (Lipinski definition) is 3. The summed E-state index contributed by atoms with van der Waals surface area (Å²) in [5.74, 6) is -1.55. The van der Waals surface area contributed by atoms with E-state index in [1.54, 1.807) is 38.1 Å². The molecule has 8 nitrogen and oxygen atoms in total. The van der Waals surface area contributed by atoms with Crippen LogP contribution in [-0.4, -0.2) is 32.6 Å². The Kier molecular flexibility index (Phi) is 6.92. The van der Waals surface area contributed by atoms with Gasteiger partial charge in [0.15, 0.2) is 0 Å². The number of aromatic nitrogens is 2. The van der Waals surface area contributed by atoms with Crippen LogP contribution in [0.5, 0.6) is 0 Å². The Morgan fingerprint density at radius 1 is 1.15 bits per heavy atom. The number of nitrogens with one attached hydrogen (secondary N) is 2. The first kappa shape index (κ1) is 20.4. The molecule has 2 aromatic rings. The molecule has 0 aliphatic rings. The Hall–Kier alpha value is -2.90. The molecular weight excluding hydrogens is 350 g/mol. The van der Waals surface area contributed by atoms with E-state index in [0.29, 0.717) is 30.2 Å². The van der Waals surface area contributed by atoms with Gasteiger partial charge in [0.1, 0.15) is 6.04 Å². The fraction of sp³-hybridized carbons (Fsp3) is 0.474. The number of aromatic amines is 1. The number of para-hydroxylation sites is 1.